The van der Waals surface area contributed by atoms with Gasteiger partial charge in [0.1, 0.15) is 0 Å². The normalized spacial score (nSPS) is 20.7. The van der Waals surface area contributed by atoms with Crippen molar-refractivity contribution in [2.75, 3.05) is 27.2 Å². The Morgan fingerprint density at radius 3 is 3.06 bits per heavy atom. The van der Waals surface area contributed by atoms with Crippen molar-refractivity contribution in [2.24, 2.45) is 0 Å². The van der Waals surface area contributed by atoms with Crippen molar-refractivity contribution in [1.29, 1.82) is 0 Å². The van der Waals surface area contributed by atoms with Crippen LogP contribution in [0.5, 0.6) is 0 Å². The first-order valence-corrected chi connectivity index (χ1v) is 7.09. The SMILES string of the molecule is CN(C)C(=O)CCN1CCC[C@@H]1c1ccsc1. The van der Waals surface area contributed by atoms with Crippen LogP contribution < -0.4 is 0 Å². The summed E-state index contributed by atoms with van der Waals surface area (Å²) in [6.07, 6.45) is 3.11. The standard InChI is InChI=1S/C13H20N2OS/c1-14(2)13(16)5-8-15-7-3-4-12(15)11-6-9-17-10-11/h6,9-10,12H,3-5,7-8H2,1-2H3/t12-/m1/s1. The van der Waals surface area contributed by atoms with E-state index in [4.69, 9.17) is 0 Å². The molecule has 17 heavy (non-hydrogen) atoms. The lowest BCUT2D eigenvalue weighted by atomic mass is 10.1. The van der Waals surface area contributed by atoms with Gasteiger partial charge < -0.3 is 4.90 Å². The summed E-state index contributed by atoms with van der Waals surface area (Å²) in [6, 6.07) is 2.75. The zero-order valence-corrected chi connectivity index (χ0v) is 11.4. The fourth-order valence-corrected chi connectivity index (χ4v) is 3.11. The molecule has 0 aromatic carbocycles. The highest BCUT2D eigenvalue weighted by Crippen LogP contribution is 2.32. The molecule has 0 bridgehead atoms. The first kappa shape index (κ1) is 12.6. The highest BCUT2D eigenvalue weighted by molar-refractivity contribution is 7.07. The molecule has 1 aromatic rings. The monoisotopic (exact) mass is 252 g/mol. The Morgan fingerprint density at radius 2 is 2.41 bits per heavy atom. The van der Waals surface area contributed by atoms with Gasteiger partial charge in [0, 0.05) is 33.1 Å². The predicted octanol–water partition coefficient (Wildman–Crippen LogP) is 2.36. The van der Waals surface area contributed by atoms with Crippen LogP contribution in [0.25, 0.3) is 0 Å². The zero-order chi connectivity index (χ0) is 12.3. The number of rotatable bonds is 4. The van der Waals surface area contributed by atoms with Gasteiger partial charge in [0.2, 0.25) is 5.91 Å². The Labute approximate surface area is 107 Å². The molecule has 1 saturated heterocycles. The van der Waals surface area contributed by atoms with Gasteiger partial charge in [0.25, 0.3) is 0 Å². The van der Waals surface area contributed by atoms with Crippen molar-refractivity contribution in [3.05, 3.63) is 22.4 Å². The number of likely N-dealkylation sites (tertiary alicyclic amines) is 1. The highest BCUT2D eigenvalue weighted by atomic mass is 32.1. The number of thiophene rings is 1. The van der Waals surface area contributed by atoms with Crippen LogP contribution in [0, 0.1) is 0 Å². The summed E-state index contributed by atoms with van der Waals surface area (Å²) in [5.74, 6) is 0.223. The maximum atomic E-state index is 11.6. The van der Waals surface area contributed by atoms with Gasteiger partial charge in [-0.3, -0.25) is 9.69 Å². The molecule has 1 fully saturated rings. The number of carbonyl (C=O) groups is 1. The van der Waals surface area contributed by atoms with E-state index < -0.39 is 0 Å². The molecular weight excluding hydrogens is 232 g/mol. The summed E-state index contributed by atoms with van der Waals surface area (Å²) in [5, 5.41) is 4.37. The minimum absolute atomic E-state index is 0.223. The first-order chi connectivity index (χ1) is 8.18. The molecular formula is C13H20N2OS. The quantitative estimate of drug-likeness (QED) is 0.821. The average Bonchev–Trinajstić information content (AvgIpc) is 2.95. The van der Waals surface area contributed by atoms with E-state index in [1.807, 2.05) is 14.1 Å². The lowest BCUT2D eigenvalue weighted by molar-refractivity contribution is -0.129. The molecule has 0 radical (unpaired) electrons. The van der Waals surface area contributed by atoms with Gasteiger partial charge in [-0.2, -0.15) is 11.3 Å². The second-order valence-corrected chi connectivity index (χ2v) is 5.57. The Kier molecular flexibility index (Phi) is 4.18. The van der Waals surface area contributed by atoms with Crippen LogP contribution in [-0.4, -0.2) is 42.9 Å². The second kappa shape index (κ2) is 5.65. The molecule has 3 nitrogen and oxygen atoms in total. The Balaban J connectivity index is 1.90. The van der Waals surface area contributed by atoms with E-state index >= 15 is 0 Å². The molecule has 94 valence electrons. The third-order valence-corrected chi connectivity index (χ3v) is 4.10. The first-order valence-electron chi connectivity index (χ1n) is 6.15. The van der Waals surface area contributed by atoms with Crippen molar-refractivity contribution in [3.8, 4) is 0 Å². The zero-order valence-electron chi connectivity index (χ0n) is 10.6. The molecule has 1 aromatic heterocycles. The molecule has 4 heteroatoms. The van der Waals surface area contributed by atoms with E-state index in [1.165, 1.54) is 18.4 Å². The van der Waals surface area contributed by atoms with Crippen LogP contribution in [0.1, 0.15) is 30.9 Å². The Hall–Kier alpha value is -0.870. The Bertz CT molecular complexity index is 362. The van der Waals surface area contributed by atoms with Gasteiger partial charge in [-0.25, -0.2) is 0 Å². The molecule has 2 heterocycles. The molecule has 1 atom stereocenters. The minimum atomic E-state index is 0.223. The summed E-state index contributed by atoms with van der Waals surface area (Å²) in [4.78, 5) is 15.7. The predicted molar refractivity (Wildman–Crippen MR) is 71.2 cm³/mol. The molecule has 0 aliphatic carbocycles. The highest BCUT2D eigenvalue weighted by Gasteiger charge is 2.26. The van der Waals surface area contributed by atoms with E-state index in [0.29, 0.717) is 12.5 Å². The van der Waals surface area contributed by atoms with E-state index in [0.717, 1.165) is 13.1 Å². The van der Waals surface area contributed by atoms with Crippen molar-refractivity contribution < 1.29 is 4.79 Å². The summed E-state index contributed by atoms with van der Waals surface area (Å²) >= 11 is 1.76. The minimum Gasteiger partial charge on any atom is -0.349 e. The molecule has 1 aliphatic rings. The van der Waals surface area contributed by atoms with E-state index in [9.17, 15) is 4.79 Å². The lowest BCUT2D eigenvalue weighted by Gasteiger charge is -2.24. The summed E-state index contributed by atoms with van der Waals surface area (Å²) in [6.45, 7) is 2.01. The summed E-state index contributed by atoms with van der Waals surface area (Å²) in [7, 11) is 3.64. The van der Waals surface area contributed by atoms with Gasteiger partial charge in [0.15, 0.2) is 0 Å². The smallest absolute Gasteiger partial charge is 0.223 e. The average molecular weight is 252 g/mol. The molecule has 0 unspecified atom stereocenters. The fraction of sp³-hybridized carbons (Fsp3) is 0.615. The molecule has 1 amide bonds. The topological polar surface area (TPSA) is 23.6 Å². The summed E-state index contributed by atoms with van der Waals surface area (Å²) in [5.41, 5.74) is 1.42. The van der Waals surface area contributed by atoms with E-state index in [2.05, 4.69) is 21.7 Å². The maximum absolute atomic E-state index is 11.6. The van der Waals surface area contributed by atoms with Crippen molar-refractivity contribution in [1.82, 2.24) is 9.80 Å². The van der Waals surface area contributed by atoms with Gasteiger partial charge in [-0.05, 0) is 41.8 Å². The van der Waals surface area contributed by atoms with Gasteiger partial charge in [-0.15, -0.1) is 0 Å². The van der Waals surface area contributed by atoms with Crippen LogP contribution in [-0.2, 0) is 4.79 Å². The van der Waals surface area contributed by atoms with Crippen LogP contribution in [0.2, 0.25) is 0 Å². The molecule has 2 rings (SSSR count). The molecule has 0 saturated carbocycles. The molecule has 0 spiro atoms. The van der Waals surface area contributed by atoms with Gasteiger partial charge >= 0.3 is 0 Å². The number of hydrogen-bond donors (Lipinski definition) is 0. The lowest BCUT2D eigenvalue weighted by Crippen LogP contribution is -2.30. The van der Waals surface area contributed by atoms with Crippen LogP contribution in [0.3, 0.4) is 0 Å². The van der Waals surface area contributed by atoms with Crippen LogP contribution in [0.4, 0.5) is 0 Å². The van der Waals surface area contributed by atoms with E-state index in [1.54, 1.807) is 16.2 Å². The molecule has 0 N–H and O–H groups in total. The number of hydrogen-bond acceptors (Lipinski definition) is 3. The third kappa shape index (κ3) is 3.07. The van der Waals surface area contributed by atoms with Crippen molar-refractivity contribution >= 4 is 17.2 Å². The van der Waals surface area contributed by atoms with Gasteiger partial charge in [0.05, 0.1) is 0 Å². The third-order valence-electron chi connectivity index (χ3n) is 3.40. The van der Waals surface area contributed by atoms with Crippen LogP contribution in [0.15, 0.2) is 16.8 Å². The largest absolute Gasteiger partial charge is 0.349 e. The van der Waals surface area contributed by atoms with E-state index in [-0.39, 0.29) is 5.91 Å². The Morgan fingerprint density at radius 1 is 1.59 bits per heavy atom. The molecule has 1 aliphatic heterocycles. The van der Waals surface area contributed by atoms with Crippen molar-refractivity contribution in [2.45, 2.75) is 25.3 Å². The van der Waals surface area contributed by atoms with Crippen molar-refractivity contribution in [3.63, 3.8) is 0 Å². The maximum Gasteiger partial charge on any atom is 0.223 e. The summed E-state index contributed by atoms with van der Waals surface area (Å²) < 4.78 is 0. The van der Waals surface area contributed by atoms with Crippen LogP contribution >= 0.6 is 11.3 Å². The second-order valence-electron chi connectivity index (χ2n) is 4.79. The fourth-order valence-electron chi connectivity index (χ4n) is 2.40. The number of nitrogens with zero attached hydrogens (tertiary/aromatic N) is 2. The van der Waals surface area contributed by atoms with Gasteiger partial charge in [-0.1, -0.05) is 0 Å². The number of carbonyl (C=O) groups excluding carboxylic acids is 1. The number of amides is 1.